The van der Waals surface area contributed by atoms with Crippen molar-refractivity contribution in [3.8, 4) is 0 Å². The van der Waals surface area contributed by atoms with Crippen molar-refractivity contribution >= 4 is 21.4 Å². The van der Waals surface area contributed by atoms with E-state index in [-0.39, 0.29) is 5.54 Å². The van der Waals surface area contributed by atoms with E-state index in [4.69, 9.17) is 5.73 Å². The molecule has 1 aromatic rings. The van der Waals surface area contributed by atoms with E-state index in [1.165, 1.54) is 17.8 Å². The minimum Gasteiger partial charge on any atom is -0.330 e. The Hall–Kier alpha value is -0.430. The van der Waals surface area contributed by atoms with Gasteiger partial charge < -0.3 is 5.73 Å². The number of hydrogen-bond acceptors (Lipinski definition) is 4. The lowest BCUT2D eigenvalue weighted by molar-refractivity contribution is 0.294. The molecule has 0 atom stereocenters. The molecule has 0 unspecified atom stereocenters. The summed E-state index contributed by atoms with van der Waals surface area (Å²) in [5, 5.41) is 0. The molecule has 0 radical (unpaired) electrons. The summed E-state index contributed by atoms with van der Waals surface area (Å²) in [5.41, 5.74) is 5.21. The van der Waals surface area contributed by atoms with Crippen LogP contribution in [0.5, 0.6) is 0 Å². The van der Waals surface area contributed by atoms with Gasteiger partial charge in [0.1, 0.15) is 4.21 Å². The first-order valence-electron chi connectivity index (χ1n) is 6.78. The molecule has 3 N–H and O–H groups in total. The van der Waals surface area contributed by atoms with Gasteiger partial charge in [-0.3, -0.25) is 0 Å². The number of nitrogens with one attached hydrogen (secondary N) is 1. The van der Waals surface area contributed by atoms with Crippen molar-refractivity contribution in [1.29, 1.82) is 0 Å². The van der Waals surface area contributed by atoms with Gasteiger partial charge in [-0.25, -0.2) is 13.1 Å². The molecule has 1 fully saturated rings. The quantitative estimate of drug-likeness (QED) is 0.876. The van der Waals surface area contributed by atoms with Crippen LogP contribution in [0.15, 0.2) is 16.3 Å². The first-order chi connectivity index (χ1) is 8.95. The van der Waals surface area contributed by atoms with E-state index in [9.17, 15) is 8.42 Å². The Kier molecular flexibility index (Phi) is 4.66. The first kappa shape index (κ1) is 15.0. The first-order valence-corrected chi connectivity index (χ1v) is 9.08. The molecule has 1 aliphatic carbocycles. The van der Waals surface area contributed by atoms with Crippen LogP contribution in [-0.4, -0.2) is 20.5 Å². The number of nitrogens with two attached hydrogens (primary N) is 1. The highest BCUT2D eigenvalue weighted by atomic mass is 32.2. The van der Waals surface area contributed by atoms with Gasteiger partial charge in [-0.05, 0) is 44.9 Å². The fraction of sp³-hybridized carbons (Fsp3) is 0.692. The monoisotopic (exact) mass is 302 g/mol. The molecule has 1 aromatic heterocycles. The van der Waals surface area contributed by atoms with E-state index < -0.39 is 10.0 Å². The minimum absolute atomic E-state index is 0.283. The van der Waals surface area contributed by atoms with Gasteiger partial charge in [0.25, 0.3) is 10.0 Å². The maximum Gasteiger partial charge on any atom is 0.250 e. The third-order valence-corrected chi connectivity index (χ3v) is 6.91. The molecule has 2 rings (SSSR count). The summed E-state index contributed by atoms with van der Waals surface area (Å²) < 4.78 is 28.1. The van der Waals surface area contributed by atoms with Gasteiger partial charge >= 0.3 is 0 Å². The van der Waals surface area contributed by atoms with Crippen LogP contribution >= 0.6 is 11.3 Å². The van der Waals surface area contributed by atoms with Gasteiger partial charge in [0, 0.05) is 10.4 Å². The van der Waals surface area contributed by atoms with Gasteiger partial charge in [0.15, 0.2) is 0 Å². The predicted octanol–water partition coefficient (Wildman–Crippen LogP) is 2.25. The second-order valence-corrected chi connectivity index (χ2v) is 8.56. The third kappa shape index (κ3) is 3.78. The van der Waals surface area contributed by atoms with Gasteiger partial charge in [0.2, 0.25) is 0 Å². The fourth-order valence-corrected chi connectivity index (χ4v) is 5.42. The number of hydrogen-bond donors (Lipinski definition) is 2. The minimum atomic E-state index is -3.39. The van der Waals surface area contributed by atoms with Crippen LogP contribution in [-0.2, 0) is 16.4 Å². The highest BCUT2D eigenvalue weighted by molar-refractivity contribution is 7.91. The van der Waals surface area contributed by atoms with Crippen molar-refractivity contribution in [3.63, 3.8) is 0 Å². The van der Waals surface area contributed by atoms with Gasteiger partial charge in [-0.1, -0.05) is 19.3 Å². The zero-order valence-electron chi connectivity index (χ0n) is 11.3. The Morgan fingerprint density at radius 2 is 2.00 bits per heavy atom. The average molecular weight is 302 g/mol. The summed E-state index contributed by atoms with van der Waals surface area (Å²) in [6.07, 6.45) is 5.98. The van der Waals surface area contributed by atoms with Crippen molar-refractivity contribution < 1.29 is 8.42 Å². The zero-order valence-corrected chi connectivity index (χ0v) is 12.9. The number of sulfonamides is 1. The van der Waals surface area contributed by atoms with Crippen LogP contribution in [0.3, 0.4) is 0 Å². The predicted molar refractivity (Wildman–Crippen MR) is 78.9 cm³/mol. The number of rotatable bonds is 5. The van der Waals surface area contributed by atoms with E-state index in [0.717, 1.165) is 37.0 Å². The second-order valence-electron chi connectivity index (χ2n) is 5.49. The van der Waals surface area contributed by atoms with E-state index in [0.29, 0.717) is 10.8 Å². The van der Waals surface area contributed by atoms with Crippen LogP contribution in [0.1, 0.15) is 43.9 Å². The van der Waals surface area contributed by atoms with Gasteiger partial charge in [0.05, 0.1) is 0 Å². The zero-order chi connectivity index (χ0) is 13.9. The molecule has 0 aliphatic heterocycles. The van der Waals surface area contributed by atoms with E-state index in [2.05, 4.69) is 4.72 Å². The molecule has 19 heavy (non-hydrogen) atoms. The molecule has 108 valence electrons. The fourth-order valence-electron chi connectivity index (χ4n) is 2.59. The largest absolute Gasteiger partial charge is 0.330 e. The normalized spacial score (nSPS) is 19.5. The lowest BCUT2D eigenvalue weighted by Gasteiger charge is -2.33. The highest BCUT2D eigenvalue weighted by Crippen LogP contribution is 2.30. The molecular weight excluding hydrogens is 280 g/mol. The molecule has 0 amide bonds. The van der Waals surface area contributed by atoms with Crippen molar-refractivity contribution in [2.75, 3.05) is 6.54 Å². The van der Waals surface area contributed by atoms with E-state index in [1.807, 2.05) is 13.0 Å². The summed E-state index contributed by atoms with van der Waals surface area (Å²) in [5.74, 6) is 0. The maximum absolute atomic E-state index is 12.4. The Bertz CT molecular complexity index is 517. The SMILES string of the molecule is CC1(NS(=O)(=O)c2ccc(CCN)s2)CCCCC1. The summed E-state index contributed by atoms with van der Waals surface area (Å²) in [4.78, 5) is 1.02. The molecule has 1 saturated carbocycles. The van der Waals surface area contributed by atoms with Gasteiger partial charge in [-0.2, -0.15) is 0 Å². The molecular formula is C13H22N2O2S2. The molecule has 0 spiro atoms. The van der Waals surface area contributed by atoms with Crippen LogP contribution in [0.4, 0.5) is 0 Å². The Morgan fingerprint density at radius 1 is 1.32 bits per heavy atom. The van der Waals surface area contributed by atoms with Crippen LogP contribution in [0.25, 0.3) is 0 Å². The second kappa shape index (κ2) is 5.91. The van der Waals surface area contributed by atoms with Crippen LogP contribution < -0.4 is 10.5 Å². The Balaban J connectivity index is 2.12. The smallest absolute Gasteiger partial charge is 0.250 e. The summed E-state index contributed by atoms with van der Waals surface area (Å²) >= 11 is 1.32. The van der Waals surface area contributed by atoms with Gasteiger partial charge in [-0.15, -0.1) is 11.3 Å². The summed E-state index contributed by atoms with van der Waals surface area (Å²) in [6.45, 7) is 2.56. The van der Waals surface area contributed by atoms with Crippen molar-refractivity contribution in [1.82, 2.24) is 4.72 Å². The average Bonchev–Trinajstić information content (AvgIpc) is 2.78. The van der Waals surface area contributed by atoms with E-state index >= 15 is 0 Å². The molecule has 4 nitrogen and oxygen atoms in total. The Labute approximate surface area is 119 Å². The standard InChI is InChI=1S/C13H22N2O2S2/c1-13(8-3-2-4-9-13)15-19(16,17)12-6-5-11(18-12)7-10-14/h5-6,15H,2-4,7-10,14H2,1H3. The van der Waals surface area contributed by atoms with Crippen molar-refractivity contribution in [3.05, 3.63) is 17.0 Å². The maximum atomic E-state index is 12.4. The van der Waals surface area contributed by atoms with Crippen molar-refractivity contribution in [2.24, 2.45) is 5.73 Å². The van der Waals surface area contributed by atoms with Crippen LogP contribution in [0.2, 0.25) is 0 Å². The molecule has 1 aliphatic rings. The molecule has 1 heterocycles. The molecule has 0 aromatic carbocycles. The summed E-state index contributed by atoms with van der Waals surface area (Å²) in [7, 11) is -3.39. The molecule has 0 bridgehead atoms. The lowest BCUT2D eigenvalue weighted by atomic mass is 9.84. The lowest BCUT2D eigenvalue weighted by Crippen LogP contribution is -2.46. The molecule has 6 heteroatoms. The number of thiophene rings is 1. The summed E-state index contributed by atoms with van der Waals surface area (Å²) in [6, 6.07) is 3.54. The third-order valence-electron chi connectivity index (χ3n) is 3.63. The van der Waals surface area contributed by atoms with E-state index in [1.54, 1.807) is 6.07 Å². The molecule has 0 saturated heterocycles. The van der Waals surface area contributed by atoms with Crippen molar-refractivity contribution in [2.45, 2.75) is 55.2 Å². The topological polar surface area (TPSA) is 72.2 Å². The Morgan fingerprint density at radius 3 is 2.63 bits per heavy atom. The highest BCUT2D eigenvalue weighted by Gasteiger charge is 2.32. The van der Waals surface area contributed by atoms with Crippen LogP contribution in [0, 0.1) is 0 Å².